The maximum atomic E-state index is 14.0. The normalized spacial score (nSPS) is 16.5. The Bertz CT molecular complexity index is 787. The molecule has 7 heteroatoms. The van der Waals surface area contributed by atoms with Gasteiger partial charge in [0.25, 0.3) is 5.91 Å². The van der Waals surface area contributed by atoms with E-state index in [9.17, 15) is 18.7 Å². The number of anilines is 1. The van der Waals surface area contributed by atoms with Crippen molar-refractivity contribution in [2.24, 2.45) is 0 Å². The second-order valence-corrected chi connectivity index (χ2v) is 6.03. The number of aryl methyl sites for hydroxylation is 1. The average Bonchev–Trinajstić information content (AvgIpc) is 2.57. The van der Waals surface area contributed by atoms with Crippen LogP contribution in [0.25, 0.3) is 10.9 Å². The van der Waals surface area contributed by atoms with Gasteiger partial charge in [0.1, 0.15) is 11.6 Å². The summed E-state index contributed by atoms with van der Waals surface area (Å²) in [6, 6.07) is 4.47. The number of pyridine rings is 1. The van der Waals surface area contributed by atoms with Gasteiger partial charge in [-0.3, -0.25) is 4.79 Å². The molecule has 1 aliphatic heterocycles. The summed E-state index contributed by atoms with van der Waals surface area (Å²) in [4.78, 5) is 19.6. The van der Waals surface area contributed by atoms with Crippen LogP contribution in [0.3, 0.4) is 0 Å². The summed E-state index contributed by atoms with van der Waals surface area (Å²) < 4.78 is 27.5. The van der Waals surface area contributed by atoms with Gasteiger partial charge in [0, 0.05) is 42.9 Å². The van der Waals surface area contributed by atoms with E-state index in [1.54, 1.807) is 11.8 Å². The number of fused-ring (bicyclic) bond motifs is 1. The molecule has 0 aliphatic carbocycles. The van der Waals surface area contributed by atoms with Gasteiger partial charge >= 0.3 is 0 Å². The molecule has 24 heavy (non-hydrogen) atoms. The second kappa shape index (κ2) is 6.32. The lowest BCUT2D eigenvalue weighted by Crippen LogP contribution is -2.51. The summed E-state index contributed by atoms with van der Waals surface area (Å²) in [5.41, 5.74) is 1.40. The molecule has 1 aromatic heterocycles. The minimum atomic E-state index is -1.02. The number of amides is 1. The van der Waals surface area contributed by atoms with Crippen LogP contribution in [-0.2, 0) is 4.79 Å². The first-order valence-corrected chi connectivity index (χ1v) is 7.85. The van der Waals surface area contributed by atoms with Gasteiger partial charge in [0.15, 0.2) is 11.6 Å². The number of rotatable bonds is 2. The van der Waals surface area contributed by atoms with Crippen molar-refractivity contribution >= 4 is 22.5 Å². The number of carbonyl (C=O) groups is 1. The number of piperazine rings is 1. The van der Waals surface area contributed by atoms with E-state index in [1.165, 1.54) is 13.0 Å². The summed E-state index contributed by atoms with van der Waals surface area (Å²) in [6.07, 6.45) is -1.02. The first-order chi connectivity index (χ1) is 11.4. The number of hydrogen-bond donors (Lipinski definition) is 1. The van der Waals surface area contributed by atoms with Crippen molar-refractivity contribution in [3.05, 3.63) is 35.5 Å². The number of aliphatic hydroxyl groups excluding tert-OH is 1. The van der Waals surface area contributed by atoms with Crippen molar-refractivity contribution < 1.29 is 18.7 Å². The first kappa shape index (κ1) is 16.6. The molecular formula is C17H19F2N3O2. The van der Waals surface area contributed by atoms with Gasteiger partial charge in [-0.1, -0.05) is 0 Å². The molecule has 128 valence electrons. The largest absolute Gasteiger partial charge is 0.384 e. The minimum Gasteiger partial charge on any atom is -0.384 e. The van der Waals surface area contributed by atoms with Gasteiger partial charge in [-0.15, -0.1) is 0 Å². The van der Waals surface area contributed by atoms with Crippen LogP contribution in [0.5, 0.6) is 0 Å². The topological polar surface area (TPSA) is 56.7 Å². The quantitative estimate of drug-likeness (QED) is 0.910. The molecule has 0 bridgehead atoms. The summed E-state index contributed by atoms with van der Waals surface area (Å²) in [5.74, 6) is -2.15. The highest BCUT2D eigenvalue weighted by Gasteiger charge is 2.25. The maximum Gasteiger partial charge on any atom is 0.251 e. The Balaban J connectivity index is 1.91. The van der Waals surface area contributed by atoms with Crippen LogP contribution in [-0.4, -0.2) is 53.2 Å². The Morgan fingerprint density at radius 2 is 1.92 bits per heavy atom. The standard InChI is InChI=1S/C17H19F2N3O2/c1-10-9-14(12-3-4-13(18)15(19)16(12)20-10)21-5-7-22(8-6-21)17(24)11(2)23/h3-4,9,11,23H,5-8H2,1-2H3/t11-/m1/s1. The molecule has 1 aliphatic rings. The average molecular weight is 335 g/mol. The van der Waals surface area contributed by atoms with Crippen LogP contribution in [0.2, 0.25) is 0 Å². The third-order valence-corrected chi connectivity index (χ3v) is 4.27. The van der Waals surface area contributed by atoms with Crippen molar-refractivity contribution in [3.8, 4) is 0 Å². The predicted octanol–water partition coefficient (Wildman–Crippen LogP) is 1.85. The fraction of sp³-hybridized carbons (Fsp3) is 0.412. The lowest BCUT2D eigenvalue weighted by Gasteiger charge is -2.37. The molecule has 0 saturated carbocycles. The lowest BCUT2D eigenvalue weighted by atomic mass is 10.1. The number of halogens is 2. The molecule has 1 amide bonds. The molecule has 1 fully saturated rings. The van der Waals surface area contributed by atoms with Gasteiger partial charge in [-0.25, -0.2) is 13.8 Å². The van der Waals surface area contributed by atoms with Crippen LogP contribution in [0.4, 0.5) is 14.5 Å². The van der Waals surface area contributed by atoms with Crippen molar-refractivity contribution in [2.45, 2.75) is 20.0 Å². The van der Waals surface area contributed by atoms with E-state index in [1.807, 2.05) is 11.0 Å². The Morgan fingerprint density at radius 3 is 2.54 bits per heavy atom. The fourth-order valence-corrected chi connectivity index (χ4v) is 3.03. The molecule has 2 aromatic rings. The molecule has 0 radical (unpaired) electrons. The monoisotopic (exact) mass is 335 g/mol. The fourth-order valence-electron chi connectivity index (χ4n) is 3.03. The summed E-state index contributed by atoms with van der Waals surface area (Å²) >= 11 is 0. The van der Waals surface area contributed by atoms with Gasteiger partial charge < -0.3 is 14.9 Å². The maximum absolute atomic E-state index is 14.0. The van der Waals surface area contributed by atoms with E-state index in [4.69, 9.17) is 0 Å². The molecule has 1 N–H and O–H groups in total. The van der Waals surface area contributed by atoms with E-state index < -0.39 is 17.7 Å². The number of carbonyl (C=O) groups excluding carboxylic acids is 1. The highest BCUT2D eigenvalue weighted by molar-refractivity contribution is 5.92. The Kier molecular flexibility index (Phi) is 4.36. The van der Waals surface area contributed by atoms with Crippen molar-refractivity contribution in [3.63, 3.8) is 0 Å². The Morgan fingerprint density at radius 1 is 1.25 bits per heavy atom. The molecule has 1 aromatic carbocycles. The highest BCUT2D eigenvalue weighted by Crippen LogP contribution is 2.30. The SMILES string of the molecule is Cc1cc(N2CCN(C(=O)[C@@H](C)O)CC2)c2ccc(F)c(F)c2n1. The zero-order valence-corrected chi connectivity index (χ0v) is 13.6. The van der Waals surface area contributed by atoms with Crippen LogP contribution in [0, 0.1) is 18.6 Å². The van der Waals surface area contributed by atoms with Gasteiger partial charge in [-0.05, 0) is 32.0 Å². The minimum absolute atomic E-state index is 0.0208. The van der Waals surface area contributed by atoms with E-state index in [0.29, 0.717) is 37.3 Å². The van der Waals surface area contributed by atoms with Crippen LogP contribution in [0.1, 0.15) is 12.6 Å². The highest BCUT2D eigenvalue weighted by atomic mass is 19.2. The molecule has 3 rings (SSSR count). The molecule has 1 saturated heterocycles. The number of hydrogen-bond acceptors (Lipinski definition) is 4. The van der Waals surface area contributed by atoms with Gasteiger partial charge in [0.05, 0.1) is 0 Å². The third kappa shape index (κ3) is 2.91. The molecular weight excluding hydrogens is 316 g/mol. The lowest BCUT2D eigenvalue weighted by molar-refractivity contribution is -0.139. The molecule has 2 heterocycles. The van der Waals surface area contributed by atoms with Crippen molar-refractivity contribution in [2.75, 3.05) is 31.1 Å². The van der Waals surface area contributed by atoms with Crippen LogP contribution < -0.4 is 4.90 Å². The number of aliphatic hydroxyl groups is 1. The van der Waals surface area contributed by atoms with Gasteiger partial charge in [0.2, 0.25) is 0 Å². The van der Waals surface area contributed by atoms with E-state index in [2.05, 4.69) is 4.98 Å². The second-order valence-electron chi connectivity index (χ2n) is 6.03. The molecule has 0 unspecified atom stereocenters. The molecule has 5 nitrogen and oxygen atoms in total. The number of benzene rings is 1. The zero-order chi connectivity index (χ0) is 17.4. The summed E-state index contributed by atoms with van der Waals surface area (Å²) in [6.45, 7) is 5.23. The van der Waals surface area contributed by atoms with E-state index in [0.717, 1.165) is 11.8 Å². The van der Waals surface area contributed by atoms with Crippen molar-refractivity contribution in [1.82, 2.24) is 9.88 Å². The smallest absolute Gasteiger partial charge is 0.251 e. The zero-order valence-electron chi connectivity index (χ0n) is 13.6. The Hall–Kier alpha value is -2.28. The first-order valence-electron chi connectivity index (χ1n) is 7.85. The summed E-state index contributed by atoms with van der Waals surface area (Å²) in [5, 5.41) is 9.95. The molecule has 0 spiro atoms. The molecule has 1 atom stereocenters. The van der Waals surface area contributed by atoms with E-state index >= 15 is 0 Å². The van der Waals surface area contributed by atoms with Crippen LogP contribution in [0.15, 0.2) is 18.2 Å². The number of nitrogens with zero attached hydrogens (tertiary/aromatic N) is 3. The third-order valence-electron chi connectivity index (χ3n) is 4.27. The number of aromatic nitrogens is 1. The predicted molar refractivity (Wildman–Crippen MR) is 86.9 cm³/mol. The van der Waals surface area contributed by atoms with Crippen LogP contribution >= 0.6 is 0 Å². The summed E-state index contributed by atoms with van der Waals surface area (Å²) in [7, 11) is 0. The van der Waals surface area contributed by atoms with E-state index in [-0.39, 0.29) is 11.4 Å². The van der Waals surface area contributed by atoms with Crippen molar-refractivity contribution in [1.29, 1.82) is 0 Å². The Labute approximate surface area is 138 Å². The van der Waals surface area contributed by atoms with Gasteiger partial charge in [-0.2, -0.15) is 0 Å².